The van der Waals surface area contributed by atoms with Gasteiger partial charge in [0, 0.05) is 62.0 Å². The SMILES string of the molecule is COc1ccc(-c2cc(CN3CCN(CC(O)COc4ccc5sc(-c6ccccc6)nc5c4)CC3)on2)c(OC)c1. The number of ether oxygens (including phenoxy) is 3. The van der Waals surface area contributed by atoms with Crippen LogP contribution in [0.5, 0.6) is 17.2 Å². The third-order valence-corrected chi connectivity index (χ3v) is 8.46. The van der Waals surface area contributed by atoms with E-state index in [1.165, 1.54) is 0 Å². The number of hydrogen-bond acceptors (Lipinski definition) is 10. The average Bonchev–Trinajstić information content (AvgIpc) is 3.68. The Balaban J connectivity index is 0.963. The summed E-state index contributed by atoms with van der Waals surface area (Å²) in [7, 11) is 3.26. The number of aliphatic hydroxyl groups is 1. The number of nitrogens with zero attached hydrogens (tertiary/aromatic N) is 4. The van der Waals surface area contributed by atoms with E-state index in [1.54, 1.807) is 25.6 Å². The van der Waals surface area contributed by atoms with Crippen LogP contribution in [0.4, 0.5) is 0 Å². The molecule has 1 atom stereocenters. The van der Waals surface area contributed by atoms with Crippen LogP contribution in [-0.2, 0) is 6.54 Å². The summed E-state index contributed by atoms with van der Waals surface area (Å²) in [6.07, 6.45) is -0.584. The molecule has 5 aromatic rings. The number of benzene rings is 3. The maximum Gasteiger partial charge on any atom is 0.151 e. The number of aliphatic hydroxyl groups excluding tert-OH is 1. The van der Waals surface area contributed by atoms with E-state index in [9.17, 15) is 5.11 Å². The predicted octanol–water partition coefficient (Wildman–Crippen LogP) is 5.19. The lowest BCUT2D eigenvalue weighted by molar-refractivity contribution is 0.0430. The van der Waals surface area contributed by atoms with E-state index in [0.29, 0.717) is 18.8 Å². The third-order valence-electron chi connectivity index (χ3n) is 7.38. The highest BCUT2D eigenvalue weighted by Crippen LogP contribution is 2.34. The number of aromatic nitrogens is 2. The predicted molar refractivity (Wildman–Crippen MR) is 163 cm³/mol. The van der Waals surface area contributed by atoms with Gasteiger partial charge in [-0.15, -0.1) is 11.3 Å². The van der Waals surface area contributed by atoms with Crippen LogP contribution in [0.3, 0.4) is 0 Å². The summed E-state index contributed by atoms with van der Waals surface area (Å²) in [6, 6.07) is 23.7. The zero-order valence-electron chi connectivity index (χ0n) is 23.7. The highest BCUT2D eigenvalue weighted by Gasteiger charge is 2.22. The van der Waals surface area contributed by atoms with Gasteiger partial charge in [0.2, 0.25) is 0 Å². The lowest BCUT2D eigenvalue weighted by Gasteiger charge is -2.35. The summed E-state index contributed by atoms with van der Waals surface area (Å²) >= 11 is 1.66. The van der Waals surface area contributed by atoms with Crippen molar-refractivity contribution in [3.05, 3.63) is 78.6 Å². The molecule has 0 aliphatic carbocycles. The van der Waals surface area contributed by atoms with E-state index in [2.05, 4.69) is 27.1 Å². The van der Waals surface area contributed by atoms with E-state index >= 15 is 0 Å². The van der Waals surface area contributed by atoms with Crippen LogP contribution in [-0.4, -0.2) is 84.7 Å². The second kappa shape index (κ2) is 12.9. The first kappa shape index (κ1) is 28.2. The van der Waals surface area contributed by atoms with Crippen LogP contribution in [0.1, 0.15) is 5.76 Å². The molecule has 0 saturated carbocycles. The summed E-state index contributed by atoms with van der Waals surface area (Å²) in [6.45, 7) is 4.94. The van der Waals surface area contributed by atoms with Gasteiger partial charge in [-0.1, -0.05) is 35.5 Å². The highest BCUT2D eigenvalue weighted by molar-refractivity contribution is 7.21. The molecule has 0 amide bonds. The van der Waals surface area contributed by atoms with Gasteiger partial charge in [0.05, 0.1) is 31.0 Å². The van der Waals surface area contributed by atoms with Crippen molar-refractivity contribution in [3.8, 4) is 39.1 Å². The van der Waals surface area contributed by atoms with Crippen molar-refractivity contribution >= 4 is 21.6 Å². The molecule has 6 rings (SSSR count). The molecular formula is C32H34N4O5S. The molecule has 218 valence electrons. The second-order valence-electron chi connectivity index (χ2n) is 10.3. The molecule has 1 N–H and O–H groups in total. The quantitative estimate of drug-likeness (QED) is 0.224. The van der Waals surface area contributed by atoms with Crippen LogP contribution in [0, 0.1) is 0 Å². The summed E-state index contributed by atoms with van der Waals surface area (Å²) in [5, 5.41) is 15.9. The van der Waals surface area contributed by atoms with Crippen LogP contribution < -0.4 is 14.2 Å². The summed E-state index contributed by atoms with van der Waals surface area (Å²) < 4.78 is 23.5. The van der Waals surface area contributed by atoms with Gasteiger partial charge < -0.3 is 23.8 Å². The standard InChI is InChI=1S/C32H34N4O5S/c1-38-24-8-10-27(30(18-24)39-2)28-17-26(41-34-28)20-36-14-12-35(13-15-36)19-23(37)21-40-25-9-11-31-29(16-25)33-32(42-31)22-6-4-3-5-7-22/h3-11,16-18,23,37H,12-15,19-21H2,1-2H3. The first-order valence-electron chi connectivity index (χ1n) is 14.0. The minimum atomic E-state index is -0.584. The molecule has 3 aromatic carbocycles. The van der Waals surface area contributed by atoms with Gasteiger partial charge in [-0.05, 0) is 24.3 Å². The van der Waals surface area contributed by atoms with Crippen LogP contribution in [0.2, 0.25) is 0 Å². The second-order valence-corrected chi connectivity index (χ2v) is 11.3. The first-order chi connectivity index (χ1) is 20.6. The maximum atomic E-state index is 10.7. The maximum absolute atomic E-state index is 10.7. The molecule has 2 aromatic heterocycles. The Morgan fingerprint density at radius 3 is 2.48 bits per heavy atom. The van der Waals surface area contributed by atoms with Crippen molar-refractivity contribution in [1.82, 2.24) is 19.9 Å². The zero-order chi connectivity index (χ0) is 28.9. The average molecular weight is 587 g/mol. The van der Waals surface area contributed by atoms with Gasteiger partial charge in [0.1, 0.15) is 40.7 Å². The number of fused-ring (bicyclic) bond motifs is 1. The van der Waals surface area contributed by atoms with Crippen LogP contribution in [0.15, 0.2) is 77.3 Å². The number of methoxy groups -OCH3 is 2. The van der Waals surface area contributed by atoms with E-state index < -0.39 is 6.10 Å². The Labute approximate surface area is 248 Å². The minimum absolute atomic E-state index is 0.233. The van der Waals surface area contributed by atoms with Crippen molar-refractivity contribution < 1.29 is 23.8 Å². The number of thiazole rings is 1. The van der Waals surface area contributed by atoms with E-state index in [1.807, 2.05) is 60.7 Å². The van der Waals surface area contributed by atoms with Crippen molar-refractivity contribution in [2.24, 2.45) is 0 Å². The molecule has 3 heterocycles. The number of piperazine rings is 1. The van der Waals surface area contributed by atoms with E-state index in [4.69, 9.17) is 23.7 Å². The van der Waals surface area contributed by atoms with Crippen LogP contribution in [0.25, 0.3) is 32.0 Å². The fourth-order valence-corrected chi connectivity index (χ4v) is 6.07. The summed E-state index contributed by atoms with van der Waals surface area (Å²) in [4.78, 5) is 9.38. The van der Waals surface area contributed by atoms with Gasteiger partial charge in [-0.3, -0.25) is 9.80 Å². The van der Waals surface area contributed by atoms with Crippen molar-refractivity contribution in [2.45, 2.75) is 12.6 Å². The molecule has 10 heteroatoms. The lowest BCUT2D eigenvalue weighted by Crippen LogP contribution is -2.48. The Kier molecular flexibility index (Phi) is 8.66. The Morgan fingerprint density at radius 1 is 0.905 bits per heavy atom. The fourth-order valence-electron chi connectivity index (χ4n) is 5.12. The first-order valence-corrected chi connectivity index (χ1v) is 14.8. The number of β-amino-alcohol motifs (C(OH)–C–C–N with tert-alkyl or cyclic N) is 1. The van der Waals surface area contributed by atoms with Crippen molar-refractivity contribution in [1.29, 1.82) is 0 Å². The molecule has 1 aliphatic heterocycles. The third kappa shape index (κ3) is 6.57. The smallest absolute Gasteiger partial charge is 0.151 e. The molecule has 1 saturated heterocycles. The van der Waals surface area contributed by atoms with Crippen molar-refractivity contribution in [3.63, 3.8) is 0 Å². The van der Waals surface area contributed by atoms with Gasteiger partial charge in [0.25, 0.3) is 0 Å². The fraction of sp³-hybridized carbons (Fsp3) is 0.312. The molecule has 9 nitrogen and oxygen atoms in total. The lowest BCUT2D eigenvalue weighted by atomic mass is 10.1. The molecule has 0 bridgehead atoms. The Hall–Kier alpha value is -3.96. The summed E-state index contributed by atoms with van der Waals surface area (Å²) in [5.41, 5.74) is 3.61. The van der Waals surface area contributed by atoms with Crippen molar-refractivity contribution in [2.75, 3.05) is 53.6 Å². The monoisotopic (exact) mass is 586 g/mol. The Bertz CT molecular complexity index is 1610. The molecule has 1 aliphatic rings. The highest BCUT2D eigenvalue weighted by atomic mass is 32.1. The Morgan fingerprint density at radius 2 is 1.69 bits per heavy atom. The molecule has 0 radical (unpaired) electrons. The molecular weight excluding hydrogens is 552 g/mol. The molecule has 0 spiro atoms. The van der Waals surface area contributed by atoms with Gasteiger partial charge in [0.15, 0.2) is 5.76 Å². The molecule has 1 unspecified atom stereocenters. The zero-order valence-corrected chi connectivity index (χ0v) is 24.5. The summed E-state index contributed by atoms with van der Waals surface area (Å²) in [5.74, 6) is 2.93. The van der Waals surface area contributed by atoms with Crippen LogP contribution >= 0.6 is 11.3 Å². The van der Waals surface area contributed by atoms with Gasteiger partial charge in [-0.2, -0.15) is 0 Å². The molecule has 1 fully saturated rings. The number of hydrogen-bond donors (Lipinski definition) is 1. The topological polar surface area (TPSA) is 93.3 Å². The number of rotatable bonds is 11. The van der Waals surface area contributed by atoms with E-state index in [-0.39, 0.29) is 6.61 Å². The normalized spacial score (nSPS) is 15.1. The molecule has 42 heavy (non-hydrogen) atoms. The largest absolute Gasteiger partial charge is 0.497 e. The van der Waals surface area contributed by atoms with E-state index in [0.717, 1.165) is 75.5 Å². The van der Waals surface area contributed by atoms with Gasteiger partial charge in [-0.25, -0.2) is 4.98 Å². The van der Waals surface area contributed by atoms with Gasteiger partial charge >= 0.3 is 0 Å². The minimum Gasteiger partial charge on any atom is -0.497 e.